The van der Waals surface area contributed by atoms with Crippen molar-refractivity contribution >= 4 is 21.8 Å². The van der Waals surface area contributed by atoms with Gasteiger partial charge < -0.3 is 5.32 Å². The molecule has 0 saturated heterocycles. The van der Waals surface area contributed by atoms with Crippen molar-refractivity contribution < 1.29 is 9.18 Å². The lowest BCUT2D eigenvalue weighted by Crippen LogP contribution is -2.42. The minimum absolute atomic E-state index is 0.0750. The largest absolute Gasteiger partial charge is 0.349 e. The Kier molecular flexibility index (Phi) is 3.32. The third-order valence-electron chi connectivity index (χ3n) is 5.92. The zero-order valence-corrected chi connectivity index (χ0v) is 13.4. The second kappa shape index (κ2) is 5.08. The van der Waals surface area contributed by atoms with Crippen LogP contribution in [0.15, 0.2) is 22.7 Å². The summed E-state index contributed by atoms with van der Waals surface area (Å²) in [6, 6.07) is 4.56. The maximum absolute atomic E-state index is 13.1. The molecule has 1 aromatic rings. The summed E-state index contributed by atoms with van der Waals surface area (Å²) in [5.41, 5.74) is 0.530. The van der Waals surface area contributed by atoms with Crippen molar-refractivity contribution in [2.75, 3.05) is 0 Å². The molecule has 1 amide bonds. The SMILES string of the molecule is O=C(NC1CC2CC1C1CCCC21)c1ccc(F)cc1Br. The molecule has 4 rings (SSSR count). The van der Waals surface area contributed by atoms with Gasteiger partial charge >= 0.3 is 0 Å². The van der Waals surface area contributed by atoms with Crippen LogP contribution in [-0.2, 0) is 0 Å². The monoisotopic (exact) mass is 351 g/mol. The second-order valence-corrected chi connectivity index (χ2v) is 7.71. The van der Waals surface area contributed by atoms with Crippen LogP contribution in [0.1, 0.15) is 42.5 Å². The van der Waals surface area contributed by atoms with Crippen LogP contribution >= 0.6 is 15.9 Å². The third kappa shape index (κ3) is 2.23. The van der Waals surface area contributed by atoms with Gasteiger partial charge in [0.15, 0.2) is 0 Å². The molecule has 1 N–H and O–H groups in total. The summed E-state index contributed by atoms with van der Waals surface area (Å²) in [7, 11) is 0. The molecule has 3 saturated carbocycles. The molecule has 3 aliphatic rings. The Labute approximate surface area is 132 Å². The number of nitrogens with one attached hydrogen (secondary N) is 1. The maximum Gasteiger partial charge on any atom is 0.252 e. The van der Waals surface area contributed by atoms with Gasteiger partial charge in [-0.2, -0.15) is 0 Å². The lowest BCUT2D eigenvalue weighted by molar-refractivity contribution is 0.0900. The molecule has 4 heteroatoms. The van der Waals surface area contributed by atoms with E-state index in [0.717, 1.165) is 24.2 Å². The predicted molar refractivity (Wildman–Crippen MR) is 82.4 cm³/mol. The van der Waals surface area contributed by atoms with E-state index in [9.17, 15) is 9.18 Å². The first-order chi connectivity index (χ1) is 10.1. The summed E-state index contributed by atoms with van der Waals surface area (Å²) < 4.78 is 13.7. The molecule has 0 aliphatic heterocycles. The summed E-state index contributed by atoms with van der Waals surface area (Å²) >= 11 is 3.28. The summed E-state index contributed by atoms with van der Waals surface area (Å²) in [4.78, 5) is 12.4. The van der Waals surface area contributed by atoms with Crippen molar-refractivity contribution in [3.8, 4) is 0 Å². The van der Waals surface area contributed by atoms with E-state index in [2.05, 4.69) is 21.2 Å². The lowest BCUT2D eigenvalue weighted by Gasteiger charge is -2.32. The fourth-order valence-corrected chi connectivity index (χ4v) is 5.68. The first-order valence-corrected chi connectivity index (χ1v) is 8.68. The number of fused-ring (bicyclic) bond motifs is 5. The molecular formula is C17H19BrFNO. The van der Waals surface area contributed by atoms with Gasteiger partial charge in [-0.15, -0.1) is 0 Å². The van der Waals surface area contributed by atoms with Crippen LogP contribution in [0.4, 0.5) is 4.39 Å². The molecule has 21 heavy (non-hydrogen) atoms. The van der Waals surface area contributed by atoms with E-state index in [1.807, 2.05) is 0 Å². The highest BCUT2D eigenvalue weighted by Gasteiger charge is 2.54. The van der Waals surface area contributed by atoms with E-state index in [-0.39, 0.29) is 11.7 Å². The highest BCUT2D eigenvalue weighted by Crippen LogP contribution is 2.58. The van der Waals surface area contributed by atoms with E-state index in [4.69, 9.17) is 0 Å². The van der Waals surface area contributed by atoms with Crippen LogP contribution in [0.3, 0.4) is 0 Å². The van der Waals surface area contributed by atoms with Crippen molar-refractivity contribution in [2.45, 2.75) is 38.1 Å². The second-order valence-electron chi connectivity index (χ2n) is 6.86. The van der Waals surface area contributed by atoms with Gasteiger partial charge in [0.25, 0.3) is 5.91 Å². The predicted octanol–water partition coefficient (Wildman–Crippen LogP) is 4.14. The van der Waals surface area contributed by atoms with Crippen LogP contribution < -0.4 is 5.32 Å². The normalized spacial score (nSPS) is 36.8. The van der Waals surface area contributed by atoms with Crippen LogP contribution in [0.2, 0.25) is 0 Å². The van der Waals surface area contributed by atoms with Gasteiger partial charge in [-0.05, 0) is 83.5 Å². The average molecular weight is 352 g/mol. The molecule has 112 valence electrons. The van der Waals surface area contributed by atoms with Crippen molar-refractivity contribution in [1.29, 1.82) is 0 Å². The average Bonchev–Trinajstić information content (AvgIpc) is 3.09. The number of hydrogen-bond donors (Lipinski definition) is 1. The minimum Gasteiger partial charge on any atom is -0.349 e. The molecular weight excluding hydrogens is 333 g/mol. The fourth-order valence-electron chi connectivity index (χ4n) is 5.15. The standard InChI is InChI=1S/C17H19BrFNO/c18-15-8-10(19)4-5-13(15)17(21)20-16-7-9-6-14(16)12-3-1-2-11(9)12/h4-5,8-9,11-12,14,16H,1-3,6-7H2,(H,20,21). The Bertz CT molecular complexity index is 590. The first kappa shape index (κ1) is 13.7. The minimum atomic E-state index is -0.327. The summed E-state index contributed by atoms with van der Waals surface area (Å²) in [5, 5.41) is 3.21. The number of carbonyl (C=O) groups is 1. The third-order valence-corrected chi connectivity index (χ3v) is 6.58. The molecule has 3 fully saturated rings. The Balaban J connectivity index is 1.48. The van der Waals surface area contributed by atoms with Crippen LogP contribution in [0, 0.1) is 29.5 Å². The first-order valence-electron chi connectivity index (χ1n) is 7.89. The Morgan fingerprint density at radius 3 is 2.81 bits per heavy atom. The molecule has 5 unspecified atom stereocenters. The maximum atomic E-state index is 13.1. The number of hydrogen-bond acceptors (Lipinski definition) is 1. The quantitative estimate of drug-likeness (QED) is 0.852. The lowest BCUT2D eigenvalue weighted by atomic mass is 9.79. The summed E-state index contributed by atoms with van der Waals surface area (Å²) in [6.07, 6.45) is 6.54. The van der Waals surface area contributed by atoms with Gasteiger partial charge in [-0.3, -0.25) is 4.79 Å². The molecule has 0 spiro atoms. The Morgan fingerprint density at radius 1 is 1.19 bits per heavy atom. The zero-order chi connectivity index (χ0) is 14.6. The molecule has 0 radical (unpaired) electrons. The molecule has 5 atom stereocenters. The van der Waals surface area contributed by atoms with E-state index >= 15 is 0 Å². The van der Waals surface area contributed by atoms with E-state index in [1.54, 1.807) is 6.07 Å². The molecule has 0 heterocycles. The topological polar surface area (TPSA) is 29.1 Å². The van der Waals surface area contributed by atoms with Gasteiger partial charge in [-0.1, -0.05) is 6.42 Å². The number of rotatable bonds is 2. The molecule has 3 aliphatic carbocycles. The van der Waals surface area contributed by atoms with Crippen LogP contribution in [0.5, 0.6) is 0 Å². The fraction of sp³-hybridized carbons (Fsp3) is 0.588. The van der Waals surface area contributed by atoms with Crippen molar-refractivity contribution in [3.63, 3.8) is 0 Å². The van der Waals surface area contributed by atoms with Crippen molar-refractivity contribution in [2.24, 2.45) is 23.7 Å². The molecule has 0 aromatic heterocycles. The molecule has 2 bridgehead atoms. The van der Waals surface area contributed by atoms with Gasteiger partial charge in [-0.25, -0.2) is 4.39 Å². The van der Waals surface area contributed by atoms with Crippen molar-refractivity contribution in [1.82, 2.24) is 5.32 Å². The summed E-state index contributed by atoms with van der Waals surface area (Å²) in [5.74, 6) is 2.86. The molecule has 1 aromatic carbocycles. The summed E-state index contributed by atoms with van der Waals surface area (Å²) in [6.45, 7) is 0. The highest BCUT2D eigenvalue weighted by molar-refractivity contribution is 9.10. The van der Waals surface area contributed by atoms with Gasteiger partial charge in [0.05, 0.1) is 5.56 Å². The number of amides is 1. The number of carbonyl (C=O) groups excluding carboxylic acids is 1. The number of halogens is 2. The van der Waals surface area contributed by atoms with Gasteiger partial charge in [0.1, 0.15) is 5.82 Å². The van der Waals surface area contributed by atoms with E-state index in [0.29, 0.717) is 22.0 Å². The number of benzene rings is 1. The van der Waals surface area contributed by atoms with E-state index < -0.39 is 0 Å². The molecule has 2 nitrogen and oxygen atoms in total. The smallest absolute Gasteiger partial charge is 0.252 e. The van der Waals surface area contributed by atoms with Crippen LogP contribution in [0.25, 0.3) is 0 Å². The highest BCUT2D eigenvalue weighted by atomic mass is 79.9. The van der Waals surface area contributed by atoms with Gasteiger partial charge in [0.2, 0.25) is 0 Å². The zero-order valence-electron chi connectivity index (χ0n) is 11.8. The Morgan fingerprint density at radius 2 is 2.00 bits per heavy atom. The van der Waals surface area contributed by atoms with Crippen LogP contribution in [-0.4, -0.2) is 11.9 Å². The Hall–Kier alpha value is -0.900. The van der Waals surface area contributed by atoms with E-state index in [1.165, 1.54) is 37.8 Å². The van der Waals surface area contributed by atoms with Crippen molar-refractivity contribution in [3.05, 3.63) is 34.1 Å². The van der Waals surface area contributed by atoms with Gasteiger partial charge in [0, 0.05) is 10.5 Å².